The number of aryl methyl sites for hydroxylation is 1. The van der Waals surface area contributed by atoms with Gasteiger partial charge in [0.05, 0.1) is 6.54 Å². The van der Waals surface area contributed by atoms with Gasteiger partial charge in [-0.3, -0.25) is 4.79 Å². The zero-order valence-electron chi connectivity index (χ0n) is 15.4. The molecule has 1 aromatic heterocycles. The van der Waals surface area contributed by atoms with E-state index in [-0.39, 0.29) is 11.3 Å². The molecule has 1 atom stereocenters. The molecule has 138 valence electrons. The summed E-state index contributed by atoms with van der Waals surface area (Å²) in [5.41, 5.74) is 1.27. The summed E-state index contributed by atoms with van der Waals surface area (Å²) in [6.45, 7) is 6.85. The number of piperidine rings is 1. The summed E-state index contributed by atoms with van der Waals surface area (Å²) >= 11 is 0. The molecule has 1 saturated heterocycles. The van der Waals surface area contributed by atoms with E-state index in [1.54, 1.807) is 6.20 Å². The quantitative estimate of drug-likeness (QED) is 0.827. The molecule has 1 fully saturated rings. The summed E-state index contributed by atoms with van der Waals surface area (Å²) in [6, 6.07) is 6.15. The van der Waals surface area contributed by atoms with Crippen LogP contribution in [0.3, 0.4) is 0 Å². The highest BCUT2D eigenvalue weighted by molar-refractivity contribution is 5.77. The average molecular weight is 355 g/mol. The lowest BCUT2D eigenvalue weighted by Gasteiger charge is -2.40. The Morgan fingerprint density at radius 3 is 2.96 bits per heavy atom. The number of hydrogen-bond donors (Lipinski definition) is 0. The topological polar surface area (TPSA) is 56.6 Å². The minimum Gasteiger partial charge on any atom is -0.454 e. The van der Waals surface area contributed by atoms with Gasteiger partial charge in [-0.2, -0.15) is 0 Å². The number of rotatable bonds is 5. The lowest BCUT2D eigenvalue weighted by molar-refractivity contribution is -0.138. The van der Waals surface area contributed by atoms with Crippen molar-refractivity contribution < 1.29 is 14.3 Å². The maximum absolute atomic E-state index is 12.5. The second-order valence-corrected chi connectivity index (χ2v) is 7.55. The molecular weight excluding hydrogens is 330 g/mol. The summed E-state index contributed by atoms with van der Waals surface area (Å²) < 4.78 is 13.0. The summed E-state index contributed by atoms with van der Waals surface area (Å²) in [5.74, 6) is 2.80. The van der Waals surface area contributed by atoms with Crippen LogP contribution in [0.4, 0.5) is 0 Å². The van der Waals surface area contributed by atoms with E-state index in [1.165, 1.54) is 5.56 Å². The van der Waals surface area contributed by atoms with Crippen LogP contribution in [0.15, 0.2) is 30.6 Å². The molecule has 0 aliphatic carbocycles. The Balaban J connectivity index is 1.48. The highest BCUT2D eigenvalue weighted by Gasteiger charge is 2.35. The molecule has 6 heteroatoms. The van der Waals surface area contributed by atoms with E-state index in [9.17, 15) is 4.79 Å². The molecule has 2 aliphatic rings. The number of carbonyl (C=O) groups is 1. The number of fused-ring (bicyclic) bond motifs is 1. The van der Waals surface area contributed by atoms with E-state index in [0.717, 1.165) is 43.3 Å². The number of imidazole rings is 1. The second kappa shape index (κ2) is 6.67. The van der Waals surface area contributed by atoms with E-state index in [1.807, 2.05) is 17.2 Å². The second-order valence-electron chi connectivity index (χ2n) is 7.55. The third-order valence-electron chi connectivity index (χ3n) is 5.41. The van der Waals surface area contributed by atoms with Gasteiger partial charge in [0, 0.05) is 31.9 Å². The predicted octanol–water partition coefficient (Wildman–Crippen LogP) is 3.00. The molecule has 4 rings (SSSR count). The molecule has 1 aromatic carbocycles. The standard InChI is InChI=1S/C20H25N3O3/c1-3-22-9-8-21-18(22)12-23-13-20(2,7-6-19(23)24)11-15-4-5-16-17(10-15)26-14-25-16/h4-5,8-10H,3,6-7,11-14H2,1-2H3. The first-order chi connectivity index (χ1) is 12.6. The number of amides is 1. The van der Waals surface area contributed by atoms with E-state index in [0.29, 0.717) is 19.8 Å². The van der Waals surface area contributed by atoms with Crippen LogP contribution in [0.5, 0.6) is 11.5 Å². The zero-order valence-corrected chi connectivity index (χ0v) is 15.4. The Bertz CT molecular complexity index is 816. The molecule has 1 unspecified atom stereocenters. The fourth-order valence-electron chi connectivity index (χ4n) is 3.98. The Kier molecular flexibility index (Phi) is 4.34. The number of hydrogen-bond acceptors (Lipinski definition) is 4. The Hall–Kier alpha value is -2.50. The largest absolute Gasteiger partial charge is 0.454 e. The van der Waals surface area contributed by atoms with Crippen molar-refractivity contribution in [2.75, 3.05) is 13.3 Å². The van der Waals surface area contributed by atoms with Crippen LogP contribution in [0.25, 0.3) is 0 Å². The molecule has 0 bridgehead atoms. The fourth-order valence-corrected chi connectivity index (χ4v) is 3.98. The van der Waals surface area contributed by atoms with Gasteiger partial charge in [0.1, 0.15) is 5.82 Å². The third-order valence-corrected chi connectivity index (χ3v) is 5.41. The van der Waals surface area contributed by atoms with Gasteiger partial charge in [0.15, 0.2) is 11.5 Å². The van der Waals surface area contributed by atoms with Crippen molar-refractivity contribution in [2.24, 2.45) is 5.41 Å². The first kappa shape index (κ1) is 16.9. The Morgan fingerprint density at radius 2 is 2.12 bits per heavy atom. The lowest BCUT2D eigenvalue weighted by atomic mass is 9.76. The molecule has 2 aliphatic heterocycles. The minimum absolute atomic E-state index is 0.0469. The van der Waals surface area contributed by atoms with Gasteiger partial charge in [-0.25, -0.2) is 4.98 Å². The van der Waals surface area contributed by atoms with E-state index in [4.69, 9.17) is 9.47 Å². The van der Waals surface area contributed by atoms with Gasteiger partial charge in [-0.05, 0) is 42.9 Å². The van der Waals surface area contributed by atoms with Crippen LogP contribution in [0.2, 0.25) is 0 Å². The molecule has 0 N–H and O–H groups in total. The fraction of sp³-hybridized carbons (Fsp3) is 0.500. The van der Waals surface area contributed by atoms with Crippen molar-refractivity contribution in [3.05, 3.63) is 42.0 Å². The van der Waals surface area contributed by atoms with Crippen LogP contribution in [0, 0.1) is 5.41 Å². The van der Waals surface area contributed by atoms with Gasteiger partial charge in [0.25, 0.3) is 0 Å². The van der Waals surface area contributed by atoms with Crippen LogP contribution in [0.1, 0.15) is 38.1 Å². The molecule has 2 aromatic rings. The zero-order chi connectivity index (χ0) is 18.1. The highest BCUT2D eigenvalue weighted by Crippen LogP contribution is 2.38. The van der Waals surface area contributed by atoms with Crippen molar-refractivity contribution >= 4 is 5.91 Å². The van der Waals surface area contributed by atoms with Crippen LogP contribution >= 0.6 is 0 Å². The van der Waals surface area contributed by atoms with Gasteiger partial charge in [-0.1, -0.05) is 13.0 Å². The number of likely N-dealkylation sites (tertiary alicyclic amines) is 1. The molecule has 0 saturated carbocycles. The van der Waals surface area contributed by atoms with Crippen molar-refractivity contribution in [3.8, 4) is 11.5 Å². The number of benzene rings is 1. The van der Waals surface area contributed by atoms with Crippen molar-refractivity contribution in [2.45, 2.75) is 46.2 Å². The average Bonchev–Trinajstić information content (AvgIpc) is 3.26. The van der Waals surface area contributed by atoms with Gasteiger partial charge in [-0.15, -0.1) is 0 Å². The summed E-state index contributed by atoms with van der Waals surface area (Å²) in [4.78, 5) is 18.9. The van der Waals surface area contributed by atoms with E-state index >= 15 is 0 Å². The highest BCUT2D eigenvalue weighted by atomic mass is 16.7. The number of ether oxygens (including phenoxy) is 2. The molecule has 0 radical (unpaired) electrons. The minimum atomic E-state index is 0.0469. The third kappa shape index (κ3) is 3.28. The van der Waals surface area contributed by atoms with Crippen LogP contribution in [-0.4, -0.2) is 33.7 Å². The Labute approximate surface area is 153 Å². The number of nitrogens with zero attached hydrogens (tertiary/aromatic N) is 3. The predicted molar refractivity (Wildman–Crippen MR) is 96.9 cm³/mol. The lowest BCUT2D eigenvalue weighted by Crippen LogP contribution is -2.46. The van der Waals surface area contributed by atoms with Crippen LogP contribution < -0.4 is 9.47 Å². The molecule has 1 amide bonds. The SMILES string of the molecule is CCn1ccnc1CN1CC(C)(Cc2ccc3c(c2)OCO3)CCC1=O. The van der Waals surface area contributed by atoms with Gasteiger partial charge >= 0.3 is 0 Å². The normalized spacial score (nSPS) is 22.1. The van der Waals surface area contributed by atoms with Crippen molar-refractivity contribution in [1.82, 2.24) is 14.5 Å². The van der Waals surface area contributed by atoms with Gasteiger partial charge < -0.3 is 18.9 Å². The van der Waals surface area contributed by atoms with Gasteiger partial charge in [0.2, 0.25) is 12.7 Å². The smallest absolute Gasteiger partial charge is 0.231 e. The van der Waals surface area contributed by atoms with E-state index < -0.39 is 0 Å². The Morgan fingerprint density at radius 1 is 1.27 bits per heavy atom. The molecule has 26 heavy (non-hydrogen) atoms. The molecule has 6 nitrogen and oxygen atoms in total. The van der Waals surface area contributed by atoms with E-state index in [2.05, 4.69) is 35.5 Å². The van der Waals surface area contributed by atoms with Crippen molar-refractivity contribution in [3.63, 3.8) is 0 Å². The molecule has 0 spiro atoms. The maximum atomic E-state index is 12.5. The first-order valence-corrected chi connectivity index (χ1v) is 9.23. The van der Waals surface area contributed by atoms with Crippen LogP contribution in [-0.2, 0) is 24.3 Å². The van der Waals surface area contributed by atoms with Crippen molar-refractivity contribution in [1.29, 1.82) is 0 Å². The number of aromatic nitrogens is 2. The maximum Gasteiger partial charge on any atom is 0.231 e. The summed E-state index contributed by atoms with van der Waals surface area (Å²) in [5, 5.41) is 0. The first-order valence-electron chi connectivity index (χ1n) is 9.23. The number of carbonyl (C=O) groups excluding carboxylic acids is 1. The summed E-state index contributed by atoms with van der Waals surface area (Å²) in [7, 11) is 0. The molecular formula is C20H25N3O3. The summed E-state index contributed by atoms with van der Waals surface area (Å²) in [6.07, 6.45) is 6.18. The molecule has 3 heterocycles. The monoisotopic (exact) mass is 355 g/mol.